The van der Waals surface area contributed by atoms with Crippen LogP contribution in [0.25, 0.3) is 0 Å². The lowest BCUT2D eigenvalue weighted by atomic mass is 10.0. The molecule has 25 heavy (non-hydrogen) atoms. The fourth-order valence-corrected chi connectivity index (χ4v) is 2.94. The number of anilines is 1. The standard InChI is InChI=1S/C17H17N3O5/c1-25-14-5-6-15-12(9-14)3-2-8-19(15)17(22)11-18-10-13(20(23)24)4-7-16(18)21/h4-7,9-10H,2-3,8,11H2,1H3. The third-order valence-electron chi connectivity index (χ3n) is 4.19. The van der Waals surface area contributed by atoms with Crippen LogP contribution in [-0.4, -0.2) is 29.1 Å². The molecule has 0 bridgehead atoms. The van der Waals surface area contributed by atoms with Crippen molar-refractivity contribution < 1.29 is 14.5 Å². The average molecular weight is 343 g/mol. The lowest BCUT2D eigenvalue weighted by Gasteiger charge is -2.30. The van der Waals surface area contributed by atoms with Crippen LogP contribution in [0.15, 0.2) is 41.3 Å². The van der Waals surface area contributed by atoms with Gasteiger partial charge in [0.2, 0.25) is 5.91 Å². The number of hydrogen-bond donors (Lipinski definition) is 0. The van der Waals surface area contributed by atoms with Crippen molar-refractivity contribution in [2.24, 2.45) is 0 Å². The third kappa shape index (κ3) is 3.37. The third-order valence-corrected chi connectivity index (χ3v) is 4.19. The Hall–Kier alpha value is -3.16. The van der Waals surface area contributed by atoms with Gasteiger partial charge >= 0.3 is 0 Å². The Bertz CT molecular complexity index is 890. The van der Waals surface area contributed by atoms with Crippen molar-refractivity contribution in [1.82, 2.24) is 4.57 Å². The summed E-state index contributed by atoms with van der Waals surface area (Å²) in [5.41, 5.74) is 1.11. The van der Waals surface area contributed by atoms with Gasteiger partial charge in [-0.2, -0.15) is 0 Å². The highest BCUT2D eigenvalue weighted by molar-refractivity contribution is 5.94. The van der Waals surface area contributed by atoms with Crippen LogP contribution in [0, 0.1) is 10.1 Å². The van der Waals surface area contributed by atoms with E-state index in [9.17, 15) is 19.7 Å². The van der Waals surface area contributed by atoms with Gasteiger partial charge in [-0.05, 0) is 36.6 Å². The molecule has 8 nitrogen and oxygen atoms in total. The number of amides is 1. The molecule has 8 heteroatoms. The molecule has 1 aromatic carbocycles. The molecule has 3 rings (SSSR count). The predicted octanol–water partition coefficient (Wildman–Crippen LogP) is 1.74. The first-order chi connectivity index (χ1) is 12.0. The van der Waals surface area contributed by atoms with E-state index < -0.39 is 10.5 Å². The number of rotatable bonds is 4. The molecule has 0 unspecified atom stereocenters. The van der Waals surface area contributed by atoms with Crippen molar-refractivity contribution in [2.45, 2.75) is 19.4 Å². The largest absolute Gasteiger partial charge is 0.497 e. The van der Waals surface area contributed by atoms with Gasteiger partial charge < -0.3 is 9.64 Å². The van der Waals surface area contributed by atoms with Crippen LogP contribution in [0.5, 0.6) is 5.75 Å². The Kier molecular flexibility index (Phi) is 4.51. The summed E-state index contributed by atoms with van der Waals surface area (Å²) in [7, 11) is 1.59. The molecule has 0 atom stereocenters. The molecule has 0 aliphatic carbocycles. The van der Waals surface area contributed by atoms with Crippen molar-refractivity contribution >= 4 is 17.3 Å². The number of ether oxygens (including phenoxy) is 1. The highest BCUT2D eigenvalue weighted by atomic mass is 16.6. The van der Waals surface area contributed by atoms with Gasteiger partial charge in [-0.1, -0.05) is 0 Å². The highest BCUT2D eigenvalue weighted by Crippen LogP contribution is 2.30. The summed E-state index contributed by atoms with van der Waals surface area (Å²) < 4.78 is 6.28. The molecule has 2 aromatic rings. The highest BCUT2D eigenvalue weighted by Gasteiger charge is 2.23. The van der Waals surface area contributed by atoms with E-state index in [1.54, 1.807) is 18.1 Å². The Labute approximate surface area is 143 Å². The van der Waals surface area contributed by atoms with Crippen molar-refractivity contribution in [3.05, 3.63) is 62.6 Å². The predicted molar refractivity (Wildman–Crippen MR) is 91.0 cm³/mol. The second kappa shape index (κ2) is 6.76. The smallest absolute Gasteiger partial charge is 0.285 e. The number of fused-ring (bicyclic) bond motifs is 1. The first-order valence-corrected chi connectivity index (χ1v) is 7.82. The van der Waals surface area contributed by atoms with Crippen LogP contribution in [0.3, 0.4) is 0 Å². The SMILES string of the molecule is COc1ccc2c(c1)CCCN2C(=O)Cn1cc([N+](=O)[O-])ccc1=O. The number of hydrogen-bond acceptors (Lipinski definition) is 5. The molecule has 1 aromatic heterocycles. The Morgan fingerprint density at radius 2 is 2.12 bits per heavy atom. The van der Waals surface area contributed by atoms with E-state index >= 15 is 0 Å². The Morgan fingerprint density at radius 1 is 1.32 bits per heavy atom. The molecule has 0 fully saturated rings. The van der Waals surface area contributed by atoms with Crippen molar-refractivity contribution in [3.63, 3.8) is 0 Å². The van der Waals surface area contributed by atoms with Gasteiger partial charge in [-0.15, -0.1) is 0 Å². The summed E-state index contributed by atoms with van der Waals surface area (Å²) in [4.78, 5) is 36.5. The molecule has 0 saturated heterocycles. The Balaban J connectivity index is 1.87. The van der Waals surface area contributed by atoms with Crippen LogP contribution < -0.4 is 15.2 Å². The van der Waals surface area contributed by atoms with Crippen molar-refractivity contribution in [2.75, 3.05) is 18.6 Å². The maximum Gasteiger partial charge on any atom is 0.285 e. The molecule has 1 aliphatic rings. The number of nitro groups is 1. The van der Waals surface area contributed by atoms with E-state index in [1.807, 2.05) is 12.1 Å². The van der Waals surface area contributed by atoms with E-state index in [2.05, 4.69) is 0 Å². The van der Waals surface area contributed by atoms with Crippen molar-refractivity contribution in [3.8, 4) is 5.75 Å². The summed E-state index contributed by atoms with van der Waals surface area (Å²) >= 11 is 0. The zero-order valence-corrected chi connectivity index (χ0v) is 13.7. The Morgan fingerprint density at radius 3 is 2.84 bits per heavy atom. The number of nitrogens with zero attached hydrogens (tertiary/aromatic N) is 3. The van der Waals surface area contributed by atoms with E-state index in [1.165, 1.54) is 0 Å². The normalized spacial score (nSPS) is 13.2. The van der Waals surface area contributed by atoms with Gasteiger partial charge in [0.15, 0.2) is 0 Å². The fraction of sp³-hybridized carbons (Fsp3) is 0.294. The average Bonchev–Trinajstić information content (AvgIpc) is 2.62. The van der Waals surface area contributed by atoms with Gasteiger partial charge in [-0.25, -0.2) is 0 Å². The fourth-order valence-electron chi connectivity index (χ4n) is 2.94. The molecule has 0 N–H and O–H groups in total. The zero-order chi connectivity index (χ0) is 18.0. The maximum absolute atomic E-state index is 12.7. The number of benzene rings is 1. The van der Waals surface area contributed by atoms with Gasteiger partial charge in [0.05, 0.1) is 18.2 Å². The van der Waals surface area contributed by atoms with Gasteiger partial charge in [0.1, 0.15) is 12.3 Å². The monoisotopic (exact) mass is 343 g/mol. The summed E-state index contributed by atoms with van der Waals surface area (Å²) in [5.74, 6) is 0.441. The summed E-state index contributed by atoms with van der Waals surface area (Å²) in [6.45, 7) is 0.299. The lowest BCUT2D eigenvalue weighted by molar-refractivity contribution is -0.385. The minimum Gasteiger partial charge on any atom is -0.497 e. The molecule has 0 radical (unpaired) electrons. The van der Waals surface area contributed by atoms with Crippen LogP contribution in [0.4, 0.5) is 11.4 Å². The van der Waals surface area contributed by atoms with Crippen LogP contribution in [-0.2, 0) is 17.8 Å². The summed E-state index contributed by atoms with van der Waals surface area (Å²) in [6.07, 6.45) is 2.74. The lowest BCUT2D eigenvalue weighted by Crippen LogP contribution is -2.39. The van der Waals surface area contributed by atoms with Crippen LogP contribution in [0.1, 0.15) is 12.0 Å². The summed E-state index contributed by atoms with van der Waals surface area (Å²) in [5, 5.41) is 10.9. The number of carbonyl (C=O) groups is 1. The number of methoxy groups -OCH3 is 1. The van der Waals surface area contributed by atoms with Gasteiger partial charge in [-0.3, -0.25) is 24.3 Å². The van der Waals surface area contributed by atoms with Gasteiger partial charge in [0, 0.05) is 24.4 Å². The quantitative estimate of drug-likeness (QED) is 0.622. The van der Waals surface area contributed by atoms with Gasteiger partial charge in [0.25, 0.3) is 11.2 Å². The molecule has 1 amide bonds. The van der Waals surface area contributed by atoms with Crippen LogP contribution >= 0.6 is 0 Å². The second-order valence-electron chi connectivity index (χ2n) is 5.75. The minimum absolute atomic E-state index is 0.226. The van der Waals surface area contributed by atoms with Crippen molar-refractivity contribution in [1.29, 1.82) is 0 Å². The first kappa shape index (κ1) is 16.7. The number of pyridine rings is 1. The molecule has 0 saturated carbocycles. The second-order valence-corrected chi connectivity index (χ2v) is 5.75. The topological polar surface area (TPSA) is 94.7 Å². The number of carbonyl (C=O) groups excluding carboxylic acids is 1. The molecule has 130 valence electrons. The molecule has 1 aliphatic heterocycles. The van der Waals surface area contributed by atoms with E-state index in [0.29, 0.717) is 6.54 Å². The first-order valence-electron chi connectivity index (χ1n) is 7.82. The number of aromatic nitrogens is 1. The molecule has 0 spiro atoms. The van der Waals surface area contributed by atoms with Crippen LogP contribution in [0.2, 0.25) is 0 Å². The zero-order valence-electron chi connectivity index (χ0n) is 13.7. The summed E-state index contributed by atoms with van der Waals surface area (Å²) in [6, 6.07) is 7.73. The molecular weight excluding hydrogens is 326 g/mol. The van der Waals surface area contributed by atoms with E-state index in [0.717, 1.165) is 52.7 Å². The van der Waals surface area contributed by atoms with E-state index in [4.69, 9.17) is 4.74 Å². The molecular formula is C17H17N3O5. The minimum atomic E-state index is -0.594. The van der Waals surface area contributed by atoms with E-state index in [-0.39, 0.29) is 18.1 Å². The number of aryl methyl sites for hydroxylation is 1. The molecule has 2 heterocycles. The maximum atomic E-state index is 12.7.